The van der Waals surface area contributed by atoms with Crippen LogP contribution in [0.5, 0.6) is 0 Å². The Hall–Kier alpha value is -1.75. The Morgan fingerprint density at radius 1 is 1.21 bits per heavy atom. The highest BCUT2D eigenvalue weighted by molar-refractivity contribution is 9.10. The fourth-order valence-corrected chi connectivity index (χ4v) is 2.70. The first-order valence-electron chi connectivity index (χ1n) is 7.17. The largest absolute Gasteiger partial charge is 0.396 e. The van der Waals surface area contributed by atoms with Gasteiger partial charge in [-0.25, -0.2) is 18.5 Å². The van der Waals surface area contributed by atoms with Crippen LogP contribution in [-0.4, -0.2) is 36.6 Å². The number of nitrogens with zero attached hydrogens (tertiary/aromatic N) is 2. The van der Waals surface area contributed by atoms with E-state index in [1.165, 1.54) is 12.1 Å². The van der Waals surface area contributed by atoms with Crippen LogP contribution in [0.1, 0.15) is 12.8 Å². The normalized spacial score (nSPS) is 11.3. The molecule has 0 aliphatic carbocycles. The number of unbranched alkanes of at least 4 members (excludes halogenated alkanes) is 1. The van der Waals surface area contributed by atoms with E-state index >= 15 is 0 Å². The molecule has 0 amide bonds. The standard InChI is InChI=1S/C14H18BrN5O3S/c15-12-9-18-14(20-13(12)17-7-1-2-8-21)19-10-3-5-11(6-4-10)24(16,22)23/h3-6,9,21H,1-2,7-8H2,(H2,16,22,23)(H2,17,18,19,20). The maximum Gasteiger partial charge on any atom is 0.238 e. The highest BCUT2D eigenvalue weighted by Gasteiger charge is 2.08. The molecule has 0 bridgehead atoms. The van der Waals surface area contributed by atoms with E-state index in [1.54, 1.807) is 18.3 Å². The number of aliphatic hydroxyl groups excluding tert-OH is 1. The van der Waals surface area contributed by atoms with Crippen molar-refractivity contribution in [3.8, 4) is 0 Å². The lowest BCUT2D eigenvalue weighted by atomic mass is 10.3. The summed E-state index contributed by atoms with van der Waals surface area (Å²) in [4.78, 5) is 8.55. The molecule has 2 aromatic rings. The first kappa shape index (κ1) is 18.6. The van der Waals surface area contributed by atoms with E-state index in [0.29, 0.717) is 24.0 Å². The minimum Gasteiger partial charge on any atom is -0.396 e. The lowest BCUT2D eigenvalue weighted by Gasteiger charge is -2.10. The quantitative estimate of drug-likeness (QED) is 0.483. The molecule has 0 fully saturated rings. The molecule has 0 atom stereocenters. The van der Waals surface area contributed by atoms with E-state index in [4.69, 9.17) is 10.2 Å². The van der Waals surface area contributed by atoms with E-state index in [-0.39, 0.29) is 11.5 Å². The van der Waals surface area contributed by atoms with Crippen molar-refractivity contribution in [2.45, 2.75) is 17.7 Å². The summed E-state index contributed by atoms with van der Waals surface area (Å²) in [7, 11) is -3.71. The molecule has 0 aliphatic heterocycles. The predicted octanol–water partition coefficient (Wildman–Crippen LogP) is 1.81. The number of hydrogen-bond acceptors (Lipinski definition) is 7. The Morgan fingerprint density at radius 3 is 2.54 bits per heavy atom. The number of nitrogens with one attached hydrogen (secondary N) is 2. The van der Waals surface area contributed by atoms with Gasteiger partial charge in [0.2, 0.25) is 16.0 Å². The van der Waals surface area contributed by atoms with Gasteiger partial charge in [0.1, 0.15) is 5.82 Å². The zero-order valence-electron chi connectivity index (χ0n) is 12.7. The topological polar surface area (TPSA) is 130 Å². The first-order valence-corrected chi connectivity index (χ1v) is 9.51. The molecule has 1 aromatic heterocycles. The van der Waals surface area contributed by atoms with Gasteiger partial charge in [-0.2, -0.15) is 4.98 Å². The van der Waals surface area contributed by atoms with Gasteiger partial charge in [-0.1, -0.05) is 0 Å². The van der Waals surface area contributed by atoms with E-state index in [0.717, 1.165) is 17.3 Å². The second-order valence-corrected chi connectivity index (χ2v) is 7.36. The maximum absolute atomic E-state index is 11.2. The molecule has 0 saturated carbocycles. The number of anilines is 3. The highest BCUT2D eigenvalue weighted by atomic mass is 79.9. The van der Waals surface area contributed by atoms with Crippen LogP contribution in [0.3, 0.4) is 0 Å². The van der Waals surface area contributed by atoms with Gasteiger partial charge < -0.3 is 15.7 Å². The summed E-state index contributed by atoms with van der Waals surface area (Å²) >= 11 is 3.37. The van der Waals surface area contributed by atoms with Crippen molar-refractivity contribution in [2.24, 2.45) is 5.14 Å². The summed E-state index contributed by atoms with van der Waals surface area (Å²) in [6.07, 6.45) is 3.16. The zero-order chi connectivity index (χ0) is 17.6. The smallest absolute Gasteiger partial charge is 0.238 e. The number of nitrogens with two attached hydrogens (primary N) is 1. The lowest BCUT2D eigenvalue weighted by molar-refractivity contribution is 0.286. The Labute approximate surface area is 148 Å². The molecule has 0 spiro atoms. The molecule has 0 unspecified atom stereocenters. The van der Waals surface area contributed by atoms with Gasteiger partial charge in [-0.05, 0) is 53.0 Å². The van der Waals surface area contributed by atoms with Gasteiger partial charge in [0.05, 0.1) is 9.37 Å². The molecule has 0 radical (unpaired) electrons. The van der Waals surface area contributed by atoms with Crippen LogP contribution in [0, 0.1) is 0 Å². The van der Waals surface area contributed by atoms with Crippen LogP contribution in [0.2, 0.25) is 0 Å². The van der Waals surface area contributed by atoms with Crippen LogP contribution in [0.4, 0.5) is 17.5 Å². The fraction of sp³-hybridized carbons (Fsp3) is 0.286. The second-order valence-electron chi connectivity index (χ2n) is 4.94. The number of rotatable bonds is 8. The number of aromatic nitrogens is 2. The van der Waals surface area contributed by atoms with Crippen molar-refractivity contribution in [3.05, 3.63) is 34.9 Å². The molecular weight excluding hydrogens is 398 g/mol. The number of sulfonamides is 1. The van der Waals surface area contributed by atoms with Crippen LogP contribution in [0.15, 0.2) is 39.8 Å². The average molecular weight is 416 g/mol. The average Bonchev–Trinajstić information content (AvgIpc) is 2.54. The summed E-state index contributed by atoms with van der Waals surface area (Å²) in [5.41, 5.74) is 0.635. The minimum atomic E-state index is -3.71. The Kier molecular flexibility index (Phi) is 6.49. The van der Waals surface area contributed by atoms with Crippen LogP contribution in [-0.2, 0) is 10.0 Å². The summed E-state index contributed by atoms with van der Waals surface area (Å²) < 4.78 is 23.2. The molecule has 24 heavy (non-hydrogen) atoms. The SMILES string of the molecule is NS(=O)(=O)c1ccc(Nc2ncc(Br)c(NCCCCO)n2)cc1. The monoisotopic (exact) mass is 415 g/mol. The van der Waals surface area contributed by atoms with E-state index in [9.17, 15) is 8.42 Å². The number of primary sulfonamides is 1. The van der Waals surface area contributed by atoms with Crippen molar-refractivity contribution >= 4 is 43.4 Å². The van der Waals surface area contributed by atoms with E-state index < -0.39 is 10.0 Å². The fourth-order valence-electron chi connectivity index (χ4n) is 1.85. The number of hydrogen-bond donors (Lipinski definition) is 4. The predicted molar refractivity (Wildman–Crippen MR) is 95.6 cm³/mol. The summed E-state index contributed by atoms with van der Waals surface area (Å²) in [6, 6.07) is 5.98. The minimum absolute atomic E-state index is 0.0380. The molecule has 8 nitrogen and oxygen atoms in total. The van der Waals surface area contributed by atoms with Crippen molar-refractivity contribution in [3.63, 3.8) is 0 Å². The molecular formula is C14H18BrN5O3S. The van der Waals surface area contributed by atoms with Gasteiger partial charge >= 0.3 is 0 Å². The molecule has 0 saturated heterocycles. The van der Waals surface area contributed by atoms with Gasteiger partial charge in [0.15, 0.2) is 0 Å². The molecule has 1 aromatic carbocycles. The van der Waals surface area contributed by atoms with Gasteiger partial charge in [-0.15, -0.1) is 0 Å². The van der Waals surface area contributed by atoms with E-state index in [1.807, 2.05) is 0 Å². The maximum atomic E-state index is 11.2. The molecule has 2 rings (SSSR count). The second kappa shape index (κ2) is 8.38. The third-order valence-corrected chi connectivity index (χ3v) is 4.57. The van der Waals surface area contributed by atoms with Crippen molar-refractivity contribution in [1.29, 1.82) is 0 Å². The third kappa shape index (κ3) is 5.41. The third-order valence-electron chi connectivity index (χ3n) is 3.06. The summed E-state index contributed by atoms with van der Waals surface area (Å²) in [5.74, 6) is 0.998. The molecule has 0 aliphatic rings. The van der Waals surface area contributed by atoms with Gasteiger partial charge in [0.25, 0.3) is 0 Å². The van der Waals surface area contributed by atoms with Crippen LogP contribution in [0.25, 0.3) is 0 Å². The van der Waals surface area contributed by atoms with Crippen molar-refractivity contribution in [1.82, 2.24) is 9.97 Å². The van der Waals surface area contributed by atoms with E-state index in [2.05, 4.69) is 36.5 Å². The summed E-state index contributed by atoms with van der Waals surface area (Å²) in [6.45, 7) is 0.840. The number of benzene rings is 1. The van der Waals surface area contributed by atoms with Crippen molar-refractivity contribution in [2.75, 3.05) is 23.8 Å². The highest BCUT2D eigenvalue weighted by Crippen LogP contribution is 2.22. The zero-order valence-corrected chi connectivity index (χ0v) is 15.1. The molecule has 130 valence electrons. The molecule has 1 heterocycles. The Bertz CT molecular complexity index is 783. The number of halogens is 1. The van der Waals surface area contributed by atoms with Gasteiger partial charge in [-0.3, -0.25) is 0 Å². The van der Waals surface area contributed by atoms with Crippen molar-refractivity contribution < 1.29 is 13.5 Å². The van der Waals surface area contributed by atoms with Crippen LogP contribution < -0.4 is 15.8 Å². The lowest BCUT2D eigenvalue weighted by Crippen LogP contribution is -2.12. The first-order chi connectivity index (χ1) is 11.4. The Balaban J connectivity index is 2.07. The molecule has 5 N–H and O–H groups in total. The van der Waals surface area contributed by atoms with Gasteiger partial charge in [0, 0.05) is 25.0 Å². The van der Waals surface area contributed by atoms with Crippen LogP contribution >= 0.6 is 15.9 Å². The molecule has 10 heteroatoms. The summed E-state index contributed by atoms with van der Waals surface area (Å²) in [5, 5.41) is 20.0. The number of aliphatic hydroxyl groups is 1. The Morgan fingerprint density at radius 2 is 1.92 bits per heavy atom.